The molecule has 1 heterocycles. The number of carbonyl (C=O) groups is 1. The van der Waals surface area contributed by atoms with Gasteiger partial charge in [-0.3, -0.25) is 4.79 Å². The Bertz CT molecular complexity index is 559. The van der Waals surface area contributed by atoms with Crippen LogP contribution in [0.1, 0.15) is 50.2 Å². The molecule has 1 aromatic rings. The molecule has 1 amide bonds. The minimum absolute atomic E-state index is 0.0192. The Balaban J connectivity index is 2.04. The van der Waals surface area contributed by atoms with Gasteiger partial charge in [-0.2, -0.15) is 13.2 Å². The van der Waals surface area contributed by atoms with Gasteiger partial charge in [0.15, 0.2) is 0 Å². The van der Waals surface area contributed by atoms with E-state index in [1.54, 1.807) is 17.9 Å². The fourth-order valence-corrected chi connectivity index (χ4v) is 3.10. The number of halogens is 3. The van der Waals surface area contributed by atoms with Crippen LogP contribution in [0.5, 0.6) is 0 Å². The van der Waals surface area contributed by atoms with Gasteiger partial charge in [0.2, 0.25) is 5.91 Å². The molecule has 1 fully saturated rings. The SMILES string of the molecule is C[C@H](CC(=O)N1CC[C@@H](N)C[C@H]1C)c1cccc(C(F)(F)F)c1. The Hall–Kier alpha value is -1.56. The number of amides is 1. The number of alkyl halides is 3. The predicted octanol–water partition coefficient (Wildman–Crippen LogP) is 3.54. The third-order valence-corrected chi connectivity index (χ3v) is 4.50. The van der Waals surface area contributed by atoms with Gasteiger partial charge in [-0.05, 0) is 37.3 Å². The highest BCUT2D eigenvalue weighted by atomic mass is 19.4. The highest BCUT2D eigenvalue weighted by molar-refractivity contribution is 5.77. The zero-order chi connectivity index (χ0) is 17.2. The van der Waals surface area contributed by atoms with Crippen molar-refractivity contribution in [1.29, 1.82) is 0 Å². The van der Waals surface area contributed by atoms with Crippen LogP contribution in [0.25, 0.3) is 0 Å². The van der Waals surface area contributed by atoms with E-state index in [1.807, 2.05) is 6.92 Å². The molecule has 1 aliphatic heterocycles. The first kappa shape index (κ1) is 17.8. The van der Waals surface area contributed by atoms with E-state index in [4.69, 9.17) is 5.73 Å². The molecule has 2 rings (SSSR count). The van der Waals surface area contributed by atoms with Crippen LogP contribution in [-0.2, 0) is 11.0 Å². The fourth-order valence-electron chi connectivity index (χ4n) is 3.10. The molecule has 128 valence electrons. The van der Waals surface area contributed by atoms with Gasteiger partial charge in [-0.1, -0.05) is 25.1 Å². The topological polar surface area (TPSA) is 46.3 Å². The van der Waals surface area contributed by atoms with Crippen molar-refractivity contribution in [1.82, 2.24) is 4.90 Å². The molecule has 23 heavy (non-hydrogen) atoms. The van der Waals surface area contributed by atoms with Crippen LogP contribution in [0.3, 0.4) is 0 Å². The maximum atomic E-state index is 12.8. The normalized spacial score (nSPS) is 23.7. The minimum Gasteiger partial charge on any atom is -0.340 e. The molecule has 0 unspecified atom stereocenters. The lowest BCUT2D eigenvalue weighted by atomic mass is 9.93. The average molecular weight is 328 g/mol. The summed E-state index contributed by atoms with van der Waals surface area (Å²) >= 11 is 0. The number of carbonyl (C=O) groups excluding carboxylic acids is 1. The molecular formula is C17H23F3N2O. The number of hydrogen-bond acceptors (Lipinski definition) is 2. The fraction of sp³-hybridized carbons (Fsp3) is 0.588. The van der Waals surface area contributed by atoms with Gasteiger partial charge in [0, 0.05) is 25.0 Å². The second kappa shape index (κ2) is 6.91. The van der Waals surface area contributed by atoms with Crippen molar-refractivity contribution in [3.63, 3.8) is 0 Å². The Morgan fingerprint density at radius 1 is 1.43 bits per heavy atom. The van der Waals surface area contributed by atoms with E-state index in [0.29, 0.717) is 12.1 Å². The van der Waals surface area contributed by atoms with E-state index >= 15 is 0 Å². The van der Waals surface area contributed by atoms with Crippen molar-refractivity contribution >= 4 is 5.91 Å². The third-order valence-electron chi connectivity index (χ3n) is 4.50. The highest BCUT2D eigenvalue weighted by Crippen LogP contribution is 2.32. The second-order valence-corrected chi connectivity index (χ2v) is 6.45. The molecule has 2 N–H and O–H groups in total. The second-order valence-electron chi connectivity index (χ2n) is 6.45. The number of likely N-dealkylation sites (tertiary alicyclic amines) is 1. The molecule has 1 aromatic carbocycles. The van der Waals surface area contributed by atoms with Crippen molar-refractivity contribution in [2.75, 3.05) is 6.54 Å². The number of nitrogens with zero attached hydrogens (tertiary/aromatic N) is 1. The smallest absolute Gasteiger partial charge is 0.340 e. The van der Waals surface area contributed by atoms with Gasteiger partial charge in [0.1, 0.15) is 0 Å². The van der Waals surface area contributed by atoms with Crippen LogP contribution in [-0.4, -0.2) is 29.4 Å². The molecule has 0 aliphatic carbocycles. The van der Waals surface area contributed by atoms with Crippen molar-refractivity contribution in [2.24, 2.45) is 5.73 Å². The third kappa shape index (κ3) is 4.47. The zero-order valence-electron chi connectivity index (χ0n) is 13.4. The molecule has 0 aromatic heterocycles. The number of piperidine rings is 1. The maximum Gasteiger partial charge on any atom is 0.416 e. The molecular weight excluding hydrogens is 305 g/mol. The molecule has 0 bridgehead atoms. The summed E-state index contributed by atoms with van der Waals surface area (Å²) in [5, 5.41) is 0. The Labute approximate surface area is 134 Å². The zero-order valence-corrected chi connectivity index (χ0v) is 13.4. The quantitative estimate of drug-likeness (QED) is 0.922. The lowest BCUT2D eigenvalue weighted by Crippen LogP contribution is -2.48. The van der Waals surface area contributed by atoms with Crippen molar-refractivity contribution in [3.8, 4) is 0 Å². The van der Waals surface area contributed by atoms with Gasteiger partial charge in [0.05, 0.1) is 5.56 Å². The summed E-state index contributed by atoms with van der Waals surface area (Å²) < 4.78 is 38.4. The molecule has 6 heteroatoms. The summed E-state index contributed by atoms with van der Waals surface area (Å²) in [7, 11) is 0. The van der Waals surface area contributed by atoms with Crippen LogP contribution in [0.4, 0.5) is 13.2 Å². The lowest BCUT2D eigenvalue weighted by molar-refractivity contribution is -0.137. The highest BCUT2D eigenvalue weighted by Gasteiger charge is 2.31. The van der Waals surface area contributed by atoms with Crippen LogP contribution in [0, 0.1) is 0 Å². The number of nitrogens with two attached hydrogens (primary N) is 1. The van der Waals surface area contributed by atoms with Gasteiger partial charge in [-0.15, -0.1) is 0 Å². The summed E-state index contributed by atoms with van der Waals surface area (Å²) in [6.45, 7) is 4.37. The van der Waals surface area contributed by atoms with Crippen LogP contribution in [0.2, 0.25) is 0 Å². The Morgan fingerprint density at radius 2 is 2.13 bits per heavy atom. The monoisotopic (exact) mass is 328 g/mol. The first-order chi connectivity index (χ1) is 10.7. The maximum absolute atomic E-state index is 12.8. The van der Waals surface area contributed by atoms with Crippen molar-refractivity contribution < 1.29 is 18.0 Å². The molecule has 1 aliphatic rings. The number of rotatable bonds is 3. The summed E-state index contributed by atoms with van der Waals surface area (Å²) in [5.74, 6) is -0.276. The van der Waals surface area contributed by atoms with E-state index < -0.39 is 11.7 Å². The van der Waals surface area contributed by atoms with Crippen molar-refractivity contribution in [2.45, 2.75) is 57.3 Å². The summed E-state index contributed by atoms with van der Waals surface area (Å²) in [5.41, 5.74) is 5.75. The predicted molar refractivity (Wildman–Crippen MR) is 82.9 cm³/mol. The van der Waals surface area contributed by atoms with Crippen LogP contribution < -0.4 is 5.73 Å². The van der Waals surface area contributed by atoms with Gasteiger partial charge in [-0.25, -0.2) is 0 Å². The standard InChI is InChI=1S/C17H23F3N2O/c1-11(13-4-3-5-14(10-13)17(18,19)20)8-16(23)22-7-6-15(21)9-12(22)2/h3-5,10-12,15H,6-9,21H2,1-2H3/t11-,12-,15-/m1/s1. The molecule has 0 radical (unpaired) electrons. The van der Waals surface area contributed by atoms with Crippen LogP contribution >= 0.6 is 0 Å². The van der Waals surface area contributed by atoms with Gasteiger partial charge < -0.3 is 10.6 Å². The first-order valence-electron chi connectivity index (χ1n) is 7.90. The Morgan fingerprint density at radius 3 is 2.74 bits per heavy atom. The van der Waals surface area contributed by atoms with E-state index in [9.17, 15) is 18.0 Å². The Kier molecular flexibility index (Phi) is 5.34. The largest absolute Gasteiger partial charge is 0.416 e. The van der Waals surface area contributed by atoms with Gasteiger partial charge >= 0.3 is 6.18 Å². The number of hydrogen-bond donors (Lipinski definition) is 1. The number of benzene rings is 1. The van der Waals surface area contributed by atoms with E-state index in [0.717, 1.165) is 25.0 Å². The molecule has 1 saturated heterocycles. The summed E-state index contributed by atoms with van der Waals surface area (Å²) in [4.78, 5) is 14.2. The van der Waals surface area contributed by atoms with Crippen LogP contribution in [0.15, 0.2) is 24.3 Å². The van der Waals surface area contributed by atoms with E-state index in [1.165, 1.54) is 6.07 Å². The molecule has 0 spiro atoms. The van der Waals surface area contributed by atoms with Crippen molar-refractivity contribution in [3.05, 3.63) is 35.4 Å². The summed E-state index contributed by atoms with van der Waals surface area (Å²) in [6, 6.07) is 5.42. The molecule has 0 saturated carbocycles. The average Bonchev–Trinajstić information content (AvgIpc) is 2.46. The minimum atomic E-state index is -4.36. The van der Waals surface area contributed by atoms with Gasteiger partial charge in [0.25, 0.3) is 0 Å². The first-order valence-corrected chi connectivity index (χ1v) is 7.90. The molecule has 3 atom stereocenters. The summed E-state index contributed by atoms with van der Waals surface area (Å²) in [6.07, 6.45) is -2.62. The lowest BCUT2D eigenvalue weighted by Gasteiger charge is -2.37. The molecule has 3 nitrogen and oxygen atoms in total. The van der Waals surface area contributed by atoms with E-state index in [2.05, 4.69) is 0 Å². The van der Waals surface area contributed by atoms with E-state index in [-0.39, 0.29) is 30.3 Å².